The van der Waals surface area contributed by atoms with Gasteiger partial charge in [-0.05, 0) is 45.2 Å². The van der Waals surface area contributed by atoms with Gasteiger partial charge in [0.15, 0.2) is 5.78 Å². The normalized spacial score (nSPS) is 28.2. The predicted molar refractivity (Wildman–Crippen MR) is 97.3 cm³/mol. The maximum Gasteiger partial charge on any atom is 0.164 e. The second-order valence-electron chi connectivity index (χ2n) is 8.11. The zero-order valence-electron chi connectivity index (χ0n) is 16.2. The van der Waals surface area contributed by atoms with Gasteiger partial charge in [-0.25, -0.2) is 0 Å². The molecule has 1 saturated carbocycles. The van der Waals surface area contributed by atoms with Crippen molar-refractivity contribution in [3.63, 3.8) is 0 Å². The van der Waals surface area contributed by atoms with Crippen LogP contribution in [0.15, 0.2) is 0 Å². The largest absolute Gasteiger partial charge is 0.379 e. The van der Waals surface area contributed by atoms with Gasteiger partial charge in [0.25, 0.3) is 0 Å². The lowest BCUT2D eigenvalue weighted by Crippen LogP contribution is -2.55. The third kappa shape index (κ3) is 5.03. The maximum atomic E-state index is 12.7. The topological polar surface area (TPSA) is 38.8 Å². The summed E-state index contributed by atoms with van der Waals surface area (Å²) in [5, 5.41) is 0. The van der Waals surface area contributed by atoms with Crippen molar-refractivity contribution >= 4 is 5.78 Å². The van der Waals surface area contributed by atoms with Crippen molar-refractivity contribution in [3.05, 3.63) is 0 Å². The van der Waals surface area contributed by atoms with Crippen LogP contribution in [-0.2, 0) is 14.3 Å². The zero-order valence-corrected chi connectivity index (χ0v) is 16.2. The van der Waals surface area contributed by atoms with Crippen molar-refractivity contribution < 1.29 is 14.3 Å². The molecule has 2 aliphatic rings. The summed E-state index contributed by atoms with van der Waals surface area (Å²) in [5.74, 6) is 0.849. The van der Waals surface area contributed by atoms with Crippen LogP contribution >= 0.6 is 0 Å². The number of likely N-dealkylation sites (N-methyl/N-ethyl adjacent to an activating group) is 1. The van der Waals surface area contributed by atoms with Gasteiger partial charge in [0, 0.05) is 13.0 Å². The van der Waals surface area contributed by atoms with E-state index in [9.17, 15) is 4.79 Å². The second kappa shape index (κ2) is 9.30. The Morgan fingerprint density at radius 2 is 1.92 bits per heavy atom. The molecule has 0 amide bonds. The average Bonchev–Trinajstić information content (AvgIpc) is 2.57. The average molecular weight is 340 g/mol. The quantitative estimate of drug-likeness (QED) is 0.674. The van der Waals surface area contributed by atoms with Crippen molar-refractivity contribution in [2.75, 3.05) is 26.8 Å². The van der Waals surface area contributed by atoms with Crippen LogP contribution in [0, 0.1) is 5.92 Å². The summed E-state index contributed by atoms with van der Waals surface area (Å²) in [6.07, 6.45) is 8.14. The van der Waals surface area contributed by atoms with Crippen LogP contribution < -0.4 is 0 Å². The fourth-order valence-corrected chi connectivity index (χ4v) is 4.18. The van der Waals surface area contributed by atoms with E-state index in [1.165, 1.54) is 6.42 Å². The number of ketones is 1. The molecule has 1 aliphatic heterocycles. The molecule has 2 rings (SSSR count). The molecule has 24 heavy (non-hydrogen) atoms. The van der Waals surface area contributed by atoms with Crippen LogP contribution in [0.4, 0.5) is 0 Å². The van der Waals surface area contributed by atoms with Crippen molar-refractivity contribution in [3.8, 4) is 0 Å². The molecule has 0 bridgehead atoms. The Morgan fingerprint density at radius 3 is 2.54 bits per heavy atom. The first-order valence-electron chi connectivity index (χ1n) is 9.97. The smallest absolute Gasteiger partial charge is 0.164 e. The molecular formula is C20H37NO3. The van der Waals surface area contributed by atoms with Gasteiger partial charge >= 0.3 is 0 Å². The fraction of sp³-hybridized carbons (Fsp3) is 0.950. The van der Waals surface area contributed by atoms with E-state index in [0.717, 1.165) is 51.7 Å². The molecule has 0 aromatic rings. The fourth-order valence-electron chi connectivity index (χ4n) is 4.18. The monoisotopic (exact) mass is 339 g/mol. The summed E-state index contributed by atoms with van der Waals surface area (Å²) < 4.78 is 12.6. The first-order valence-corrected chi connectivity index (χ1v) is 9.97. The minimum atomic E-state index is -0.522. The third-order valence-corrected chi connectivity index (χ3v) is 5.60. The van der Waals surface area contributed by atoms with Crippen LogP contribution in [0.25, 0.3) is 0 Å². The number of nitrogens with zero attached hydrogens (tertiary/aromatic N) is 1. The number of hydrogen-bond donors (Lipinski definition) is 0. The lowest BCUT2D eigenvalue weighted by molar-refractivity contribution is -0.175. The SMILES string of the molecule is CCC(=O)C1(OC2CCCN(C)C2COCC(C)C)CCCCC1. The summed E-state index contributed by atoms with van der Waals surface area (Å²) in [6.45, 7) is 8.90. The number of Topliss-reactive ketones (excluding diaryl/α,β-unsaturated/α-hetero) is 1. The first-order chi connectivity index (χ1) is 11.5. The van der Waals surface area contributed by atoms with Crippen LogP contribution in [0.3, 0.4) is 0 Å². The van der Waals surface area contributed by atoms with Gasteiger partial charge in [-0.2, -0.15) is 0 Å². The Labute approximate surface area is 148 Å². The predicted octanol–water partition coefficient (Wildman–Crippen LogP) is 3.82. The van der Waals surface area contributed by atoms with E-state index in [2.05, 4.69) is 25.8 Å². The molecule has 2 atom stereocenters. The third-order valence-electron chi connectivity index (χ3n) is 5.60. The number of hydrogen-bond acceptors (Lipinski definition) is 4. The minimum absolute atomic E-state index is 0.115. The van der Waals surface area contributed by atoms with Gasteiger partial charge in [-0.3, -0.25) is 9.69 Å². The number of rotatable bonds is 8. The Kier molecular flexibility index (Phi) is 7.70. The number of carbonyl (C=O) groups is 1. The molecule has 1 heterocycles. The minimum Gasteiger partial charge on any atom is -0.379 e. The number of carbonyl (C=O) groups excluding carboxylic acids is 1. The highest BCUT2D eigenvalue weighted by molar-refractivity contribution is 5.87. The van der Waals surface area contributed by atoms with E-state index in [-0.39, 0.29) is 12.1 Å². The summed E-state index contributed by atoms with van der Waals surface area (Å²) in [6, 6.07) is 0.265. The van der Waals surface area contributed by atoms with Gasteiger partial charge in [-0.15, -0.1) is 0 Å². The summed E-state index contributed by atoms with van der Waals surface area (Å²) in [4.78, 5) is 15.0. The van der Waals surface area contributed by atoms with E-state index in [1.807, 2.05) is 6.92 Å². The molecule has 0 radical (unpaired) electrons. The molecule has 0 aromatic heterocycles. The molecule has 4 nitrogen and oxygen atoms in total. The molecule has 2 unspecified atom stereocenters. The van der Waals surface area contributed by atoms with Crippen LogP contribution in [0.2, 0.25) is 0 Å². The second-order valence-corrected chi connectivity index (χ2v) is 8.11. The Hall–Kier alpha value is -0.450. The molecule has 1 saturated heterocycles. The number of piperidine rings is 1. The van der Waals surface area contributed by atoms with E-state index in [1.54, 1.807) is 0 Å². The molecule has 0 aromatic carbocycles. The number of likely N-dealkylation sites (tertiary alicyclic amines) is 1. The van der Waals surface area contributed by atoms with Crippen molar-refractivity contribution in [1.29, 1.82) is 0 Å². The molecule has 4 heteroatoms. The van der Waals surface area contributed by atoms with Gasteiger partial charge in [0.2, 0.25) is 0 Å². The summed E-state index contributed by atoms with van der Waals surface area (Å²) in [5.41, 5.74) is -0.522. The lowest BCUT2D eigenvalue weighted by Gasteiger charge is -2.45. The lowest BCUT2D eigenvalue weighted by atomic mass is 9.80. The maximum absolute atomic E-state index is 12.7. The van der Waals surface area contributed by atoms with Crippen molar-refractivity contribution in [2.45, 2.75) is 89.9 Å². The van der Waals surface area contributed by atoms with Gasteiger partial charge in [-0.1, -0.05) is 40.0 Å². The Balaban J connectivity index is 2.05. The van der Waals surface area contributed by atoms with E-state index < -0.39 is 5.60 Å². The number of ether oxygens (including phenoxy) is 2. The highest BCUT2D eigenvalue weighted by Crippen LogP contribution is 2.37. The highest BCUT2D eigenvalue weighted by Gasteiger charge is 2.43. The standard InChI is InChI=1S/C20H37NO3/c1-5-19(22)20(11-7-6-8-12-20)24-18-10-9-13-21(4)17(18)15-23-14-16(2)3/h16-18H,5-15H2,1-4H3. The molecular weight excluding hydrogens is 302 g/mol. The summed E-state index contributed by atoms with van der Waals surface area (Å²) in [7, 11) is 2.16. The van der Waals surface area contributed by atoms with Crippen LogP contribution in [0.1, 0.15) is 72.1 Å². The molecule has 1 aliphatic carbocycles. The Morgan fingerprint density at radius 1 is 1.21 bits per heavy atom. The molecule has 2 fully saturated rings. The van der Waals surface area contributed by atoms with E-state index >= 15 is 0 Å². The molecule has 140 valence electrons. The van der Waals surface area contributed by atoms with Crippen LogP contribution in [-0.4, -0.2) is 55.2 Å². The Bertz CT molecular complexity index is 390. The van der Waals surface area contributed by atoms with Crippen molar-refractivity contribution in [2.24, 2.45) is 5.92 Å². The van der Waals surface area contributed by atoms with Crippen molar-refractivity contribution in [1.82, 2.24) is 4.90 Å². The van der Waals surface area contributed by atoms with E-state index in [0.29, 0.717) is 24.7 Å². The van der Waals surface area contributed by atoms with Gasteiger partial charge < -0.3 is 9.47 Å². The van der Waals surface area contributed by atoms with Gasteiger partial charge in [0.1, 0.15) is 5.60 Å². The highest BCUT2D eigenvalue weighted by atomic mass is 16.5. The molecule has 0 N–H and O–H groups in total. The zero-order chi connectivity index (χ0) is 17.6. The van der Waals surface area contributed by atoms with Crippen LogP contribution in [0.5, 0.6) is 0 Å². The first kappa shape index (κ1) is 19.9. The summed E-state index contributed by atoms with van der Waals surface area (Å²) >= 11 is 0. The molecule has 0 spiro atoms. The van der Waals surface area contributed by atoms with Gasteiger partial charge in [0.05, 0.1) is 18.8 Å². The van der Waals surface area contributed by atoms with E-state index in [4.69, 9.17) is 9.47 Å².